The summed E-state index contributed by atoms with van der Waals surface area (Å²) in [7, 11) is 0. The third-order valence-electron chi connectivity index (χ3n) is 4.63. The second-order valence-corrected chi connectivity index (χ2v) is 6.62. The number of hydrogen-bond donors (Lipinski definition) is 0. The van der Waals surface area contributed by atoms with E-state index in [9.17, 15) is 9.59 Å². The summed E-state index contributed by atoms with van der Waals surface area (Å²) in [6.45, 7) is 3.75. The van der Waals surface area contributed by atoms with E-state index in [1.807, 2.05) is 38.1 Å². The van der Waals surface area contributed by atoms with Crippen LogP contribution in [0.3, 0.4) is 0 Å². The molecule has 2 aliphatic rings. The highest BCUT2D eigenvalue weighted by Gasteiger charge is 2.56. The fourth-order valence-electron chi connectivity index (χ4n) is 3.45. The normalized spacial score (nSPS) is 22.0. The van der Waals surface area contributed by atoms with Crippen LogP contribution in [-0.4, -0.2) is 23.6 Å². The molecule has 0 unspecified atom stereocenters. The molecule has 126 valence electrons. The molecule has 2 atom stereocenters. The predicted molar refractivity (Wildman–Crippen MR) is 94.8 cm³/mol. The number of amides is 2. The van der Waals surface area contributed by atoms with E-state index in [1.165, 1.54) is 4.90 Å². The van der Waals surface area contributed by atoms with Crippen LogP contribution in [0, 0.1) is 19.8 Å². The molecule has 0 saturated carbocycles. The van der Waals surface area contributed by atoms with Crippen molar-refractivity contribution >= 4 is 34.8 Å². The zero-order valence-corrected chi connectivity index (χ0v) is 14.4. The average molecular weight is 355 g/mol. The lowest BCUT2D eigenvalue weighted by Crippen LogP contribution is -2.34. The zero-order chi connectivity index (χ0) is 17.7. The standard InChI is InChI=1S/C19H15ClN2O3/c1-10-6-5-7-11(2)16(10)22-18(23)14-15(21-25-17(14)19(22)24)12-8-3-4-9-13(12)20/h3-9,14,17H,1-2H3/t14-,17+/m0/s1. The molecule has 6 heteroatoms. The number of fused-ring (bicyclic) bond motifs is 1. The highest BCUT2D eigenvalue weighted by molar-refractivity contribution is 6.38. The van der Waals surface area contributed by atoms with Crippen molar-refractivity contribution in [3.8, 4) is 0 Å². The van der Waals surface area contributed by atoms with Gasteiger partial charge in [-0.3, -0.25) is 9.59 Å². The van der Waals surface area contributed by atoms with Crippen LogP contribution in [0.25, 0.3) is 0 Å². The molecule has 2 aromatic carbocycles. The molecule has 25 heavy (non-hydrogen) atoms. The first-order valence-corrected chi connectivity index (χ1v) is 8.31. The maximum Gasteiger partial charge on any atom is 0.278 e. The Labute approximate surface area is 149 Å². The lowest BCUT2D eigenvalue weighted by Gasteiger charge is -2.20. The summed E-state index contributed by atoms with van der Waals surface area (Å²) in [5.74, 6) is -1.49. The molecule has 2 amide bonds. The lowest BCUT2D eigenvalue weighted by molar-refractivity contribution is -0.126. The van der Waals surface area contributed by atoms with E-state index in [4.69, 9.17) is 16.4 Å². The molecule has 0 aromatic heterocycles. The Hall–Kier alpha value is -2.66. The SMILES string of the molecule is Cc1cccc(C)c1N1C(=O)[C@H]2C(c3ccccc3Cl)=NO[C@H]2C1=O. The van der Waals surface area contributed by atoms with Gasteiger partial charge in [0.25, 0.3) is 5.91 Å². The van der Waals surface area contributed by atoms with Crippen LogP contribution in [-0.2, 0) is 14.4 Å². The van der Waals surface area contributed by atoms with E-state index in [1.54, 1.807) is 18.2 Å². The number of carbonyl (C=O) groups is 2. The summed E-state index contributed by atoms with van der Waals surface area (Å²) in [5.41, 5.74) is 3.36. The van der Waals surface area contributed by atoms with Crippen LogP contribution in [0.1, 0.15) is 16.7 Å². The Balaban J connectivity index is 1.78. The number of hydrogen-bond acceptors (Lipinski definition) is 4. The number of imide groups is 1. The topological polar surface area (TPSA) is 59.0 Å². The van der Waals surface area contributed by atoms with E-state index in [2.05, 4.69) is 5.16 Å². The van der Waals surface area contributed by atoms with Gasteiger partial charge in [0.2, 0.25) is 12.0 Å². The molecule has 0 aliphatic carbocycles. The number of aryl methyl sites for hydroxylation is 2. The van der Waals surface area contributed by atoms with Crippen molar-refractivity contribution in [2.24, 2.45) is 11.1 Å². The maximum atomic E-state index is 13.1. The molecule has 0 N–H and O–H groups in total. The van der Waals surface area contributed by atoms with Crippen molar-refractivity contribution < 1.29 is 14.4 Å². The van der Waals surface area contributed by atoms with E-state index in [-0.39, 0.29) is 5.91 Å². The van der Waals surface area contributed by atoms with Crippen molar-refractivity contribution in [2.45, 2.75) is 20.0 Å². The molecular weight excluding hydrogens is 340 g/mol. The summed E-state index contributed by atoms with van der Waals surface area (Å²) in [6.07, 6.45) is -0.933. The van der Waals surface area contributed by atoms with Gasteiger partial charge in [0.15, 0.2) is 0 Å². The molecule has 0 bridgehead atoms. The van der Waals surface area contributed by atoms with Gasteiger partial charge < -0.3 is 4.84 Å². The molecule has 4 rings (SSSR count). The minimum atomic E-state index is -0.933. The molecule has 1 saturated heterocycles. The van der Waals surface area contributed by atoms with Crippen LogP contribution < -0.4 is 4.90 Å². The Morgan fingerprint density at radius 3 is 2.36 bits per heavy atom. The first-order valence-electron chi connectivity index (χ1n) is 7.93. The second kappa shape index (κ2) is 5.70. The van der Waals surface area contributed by atoms with Gasteiger partial charge in [-0.1, -0.05) is 53.2 Å². The average Bonchev–Trinajstić information content (AvgIpc) is 3.11. The number of anilines is 1. The third-order valence-corrected chi connectivity index (χ3v) is 4.95. The van der Waals surface area contributed by atoms with E-state index in [0.29, 0.717) is 22.0 Å². The molecule has 2 heterocycles. The number of oxime groups is 1. The Morgan fingerprint density at radius 1 is 1.00 bits per heavy atom. The molecule has 2 aromatic rings. The first kappa shape index (κ1) is 15.8. The number of para-hydroxylation sites is 1. The number of nitrogens with zero attached hydrogens (tertiary/aromatic N) is 2. The second-order valence-electron chi connectivity index (χ2n) is 6.21. The monoisotopic (exact) mass is 354 g/mol. The molecule has 1 fully saturated rings. The molecule has 2 aliphatic heterocycles. The van der Waals surface area contributed by atoms with E-state index >= 15 is 0 Å². The summed E-state index contributed by atoms with van der Waals surface area (Å²) in [5, 5.41) is 4.46. The van der Waals surface area contributed by atoms with Crippen molar-refractivity contribution in [2.75, 3.05) is 4.90 Å². The van der Waals surface area contributed by atoms with Crippen molar-refractivity contribution in [3.63, 3.8) is 0 Å². The Bertz CT molecular complexity index is 918. The maximum absolute atomic E-state index is 13.1. The van der Waals surface area contributed by atoms with Crippen LogP contribution in [0.15, 0.2) is 47.6 Å². The highest BCUT2D eigenvalue weighted by atomic mass is 35.5. The number of rotatable bonds is 2. The largest absolute Gasteiger partial charge is 0.381 e. The summed E-state index contributed by atoms with van der Waals surface area (Å²) >= 11 is 6.24. The van der Waals surface area contributed by atoms with Crippen LogP contribution in [0.4, 0.5) is 5.69 Å². The summed E-state index contributed by atoms with van der Waals surface area (Å²) in [6, 6.07) is 12.7. The molecular formula is C19H15ClN2O3. The molecule has 0 radical (unpaired) electrons. The molecule has 0 spiro atoms. The van der Waals surface area contributed by atoms with Crippen molar-refractivity contribution in [1.29, 1.82) is 0 Å². The summed E-state index contributed by atoms with van der Waals surface area (Å²) < 4.78 is 0. The van der Waals surface area contributed by atoms with Gasteiger partial charge in [-0.15, -0.1) is 0 Å². The first-order chi connectivity index (χ1) is 12.0. The number of benzene rings is 2. The summed E-state index contributed by atoms with van der Waals surface area (Å²) in [4.78, 5) is 32.5. The van der Waals surface area contributed by atoms with Crippen LogP contribution >= 0.6 is 11.6 Å². The van der Waals surface area contributed by atoms with Gasteiger partial charge in [0.05, 0.1) is 5.69 Å². The van der Waals surface area contributed by atoms with Gasteiger partial charge >= 0.3 is 0 Å². The smallest absolute Gasteiger partial charge is 0.278 e. The Morgan fingerprint density at radius 2 is 1.68 bits per heavy atom. The molecule has 5 nitrogen and oxygen atoms in total. The van der Waals surface area contributed by atoms with E-state index < -0.39 is 17.9 Å². The highest BCUT2D eigenvalue weighted by Crippen LogP contribution is 2.38. The zero-order valence-electron chi connectivity index (χ0n) is 13.7. The van der Waals surface area contributed by atoms with Crippen molar-refractivity contribution in [1.82, 2.24) is 0 Å². The fourth-order valence-corrected chi connectivity index (χ4v) is 3.68. The predicted octanol–water partition coefficient (Wildman–Crippen LogP) is 3.25. The lowest BCUT2D eigenvalue weighted by atomic mass is 9.94. The minimum Gasteiger partial charge on any atom is -0.381 e. The Kier molecular flexibility index (Phi) is 3.62. The quantitative estimate of drug-likeness (QED) is 0.778. The van der Waals surface area contributed by atoms with Gasteiger partial charge in [0, 0.05) is 10.6 Å². The van der Waals surface area contributed by atoms with Crippen LogP contribution in [0.2, 0.25) is 5.02 Å². The van der Waals surface area contributed by atoms with Gasteiger partial charge in [-0.2, -0.15) is 0 Å². The van der Waals surface area contributed by atoms with Gasteiger partial charge in [-0.05, 0) is 31.0 Å². The number of carbonyl (C=O) groups excluding carboxylic acids is 2. The fraction of sp³-hybridized carbons (Fsp3) is 0.211. The van der Waals surface area contributed by atoms with Gasteiger partial charge in [-0.25, -0.2) is 4.90 Å². The van der Waals surface area contributed by atoms with E-state index in [0.717, 1.165) is 11.1 Å². The minimum absolute atomic E-state index is 0.330. The van der Waals surface area contributed by atoms with Gasteiger partial charge in [0.1, 0.15) is 11.6 Å². The third kappa shape index (κ3) is 2.27. The van der Waals surface area contributed by atoms with Crippen LogP contribution in [0.5, 0.6) is 0 Å². The van der Waals surface area contributed by atoms with Crippen molar-refractivity contribution in [3.05, 3.63) is 64.2 Å². The number of halogens is 1.